The third-order valence-electron chi connectivity index (χ3n) is 3.70. The largest absolute Gasteiger partial charge is 0.339 e. The quantitative estimate of drug-likeness (QED) is 0.735. The SMILES string of the molecule is CC(C)C[C@@H]1NC(=O)C(=N)C2(CC2)N(C)C1=O. The Bertz CT molecular complexity index is 385. The summed E-state index contributed by atoms with van der Waals surface area (Å²) in [6, 6.07) is -0.479. The second kappa shape index (κ2) is 3.82. The maximum absolute atomic E-state index is 12.2. The summed E-state index contributed by atoms with van der Waals surface area (Å²) in [6.07, 6.45) is 2.09. The number of nitrogens with one attached hydrogen (secondary N) is 2. The predicted molar refractivity (Wildman–Crippen MR) is 63.8 cm³/mol. The number of amides is 2. The van der Waals surface area contributed by atoms with Crippen molar-refractivity contribution in [1.29, 1.82) is 5.41 Å². The van der Waals surface area contributed by atoms with Gasteiger partial charge < -0.3 is 10.2 Å². The molecule has 1 aliphatic carbocycles. The maximum Gasteiger partial charge on any atom is 0.268 e. The summed E-state index contributed by atoms with van der Waals surface area (Å²) in [6.45, 7) is 4.03. The monoisotopic (exact) mass is 237 g/mol. The van der Waals surface area contributed by atoms with E-state index in [1.165, 1.54) is 0 Å². The summed E-state index contributed by atoms with van der Waals surface area (Å²) in [4.78, 5) is 25.7. The Morgan fingerprint density at radius 2 is 2.06 bits per heavy atom. The Morgan fingerprint density at radius 3 is 2.53 bits per heavy atom. The predicted octanol–water partition coefficient (Wildman–Crippen LogP) is 0.542. The molecular weight excluding hydrogens is 218 g/mol. The molecular formula is C12H19N3O2. The van der Waals surface area contributed by atoms with E-state index < -0.39 is 11.6 Å². The van der Waals surface area contributed by atoms with Crippen LogP contribution in [0.1, 0.15) is 33.1 Å². The van der Waals surface area contributed by atoms with Gasteiger partial charge in [0, 0.05) is 7.05 Å². The number of carbonyl (C=O) groups is 2. The molecule has 1 saturated heterocycles. The molecule has 0 radical (unpaired) electrons. The minimum atomic E-state index is -0.604. The van der Waals surface area contributed by atoms with Gasteiger partial charge in [-0.25, -0.2) is 0 Å². The fraction of sp³-hybridized carbons (Fsp3) is 0.750. The molecule has 0 bridgehead atoms. The van der Waals surface area contributed by atoms with Crippen molar-refractivity contribution in [3.63, 3.8) is 0 Å². The van der Waals surface area contributed by atoms with Crippen molar-refractivity contribution < 1.29 is 9.59 Å². The summed E-state index contributed by atoms with van der Waals surface area (Å²) in [5.74, 6) is -0.113. The minimum absolute atomic E-state index is 0.0413. The van der Waals surface area contributed by atoms with Crippen LogP contribution in [0.15, 0.2) is 0 Å². The first-order valence-corrected chi connectivity index (χ1v) is 6.06. The molecule has 0 aromatic carbocycles. The van der Waals surface area contributed by atoms with Gasteiger partial charge in [0.05, 0.1) is 5.54 Å². The summed E-state index contributed by atoms with van der Waals surface area (Å²) >= 11 is 0. The summed E-state index contributed by atoms with van der Waals surface area (Å²) in [5.41, 5.74) is -0.563. The molecule has 2 N–H and O–H groups in total. The number of carbonyl (C=O) groups excluding carboxylic acids is 2. The molecule has 0 aromatic heterocycles. The van der Waals surface area contributed by atoms with E-state index >= 15 is 0 Å². The third kappa shape index (κ3) is 1.83. The van der Waals surface area contributed by atoms with Crippen molar-refractivity contribution >= 4 is 17.5 Å². The van der Waals surface area contributed by atoms with Crippen LogP contribution in [0.5, 0.6) is 0 Å². The topological polar surface area (TPSA) is 73.3 Å². The van der Waals surface area contributed by atoms with E-state index in [4.69, 9.17) is 5.41 Å². The molecule has 1 aliphatic heterocycles. The Balaban J connectivity index is 2.27. The van der Waals surface area contributed by atoms with E-state index in [1.54, 1.807) is 11.9 Å². The molecule has 0 aromatic rings. The number of likely N-dealkylation sites (N-methyl/N-ethyl adjacent to an activating group) is 1. The van der Waals surface area contributed by atoms with Crippen molar-refractivity contribution in [3.05, 3.63) is 0 Å². The van der Waals surface area contributed by atoms with Gasteiger partial charge in [0.1, 0.15) is 11.8 Å². The van der Waals surface area contributed by atoms with E-state index in [0.29, 0.717) is 12.3 Å². The van der Waals surface area contributed by atoms with Crippen LogP contribution in [-0.2, 0) is 9.59 Å². The molecule has 1 heterocycles. The van der Waals surface area contributed by atoms with E-state index in [9.17, 15) is 9.59 Å². The highest BCUT2D eigenvalue weighted by atomic mass is 16.2. The van der Waals surface area contributed by atoms with Gasteiger partial charge in [-0.05, 0) is 25.2 Å². The van der Waals surface area contributed by atoms with Gasteiger partial charge >= 0.3 is 0 Å². The third-order valence-corrected chi connectivity index (χ3v) is 3.70. The Hall–Kier alpha value is -1.39. The molecule has 2 rings (SSSR count). The zero-order valence-corrected chi connectivity index (χ0v) is 10.5. The summed E-state index contributed by atoms with van der Waals surface area (Å²) in [7, 11) is 1.71. The van der Waals surface area contributed by atoms with Gasteiger partial charge in [-0.2, -0.15) is 0 Å². The molecule has 17 heavy (non-hydrogen) atoms. The fourth-order valence-corrected chi connectivity index (χ4v) is 2.45. The van der Waals surface area contributed by atoms with Gasteiger partial charge in [0.15, 0.2) is 0 Å². The Kier molecular flexibility index (Phi) is 2.72. The maximum atomic E-state index is 12.2. The molecule has 94 valence electrons. The van der Waals surface area contributed by atoms with Crippen LogP contribution in [-0.4, -0.2) is 41.1 Å². The smallest absolute Gasteiger partial charge is 0.268 e. The van der Waals surface area contributed by atoms with Crippen molar-refractivity contribution in [2.24, 2.45) is 5.92 Å². The number of nitrogens with zero attached hydrogens (tertiary/aromatic N) is 1. The first-order valence-electron chi connectivity index (χ1n) is 6.06. The molecule has 1 atom stereocenters. The molecule has 1 spiro atoms. The van der Waals surface area contributed by atoms with Crippen molar-refractivity contribution in [2.75, 3.05) is 7.05 Å². The van der Waals surface area contributed by atoms with Gasteiger partial charge in [-0.15, -0.1) is 0 Å². The number of hydrogen-bond acceptors (Lipinski definition) is 3. The van der Waals surface area contributed by atoms with Gasteiger partial charge in [-0.3, -0.25) is 15.0 Å². The second-order valence-corrected chi connectivity index (χ2v) is 5.46. The van der Waals surface area contributed by atoms with E-state index in [2.05, 4.69) is 5.32 Å². The first kappa shape index (κ1) is 12.1. The molecule has 0 unspecified atom stereocenters. The summed E-state index contributed by atoms with van der Waals surface area (Å²) in [5, 5.41) is 10.6. The van der Waals surface area contributed by atoms with Gasteiger partial charge in [-0.1, -0.05) is 13.8 Å². The van der Waals surface area contributed by atoms with Crippen molar-refractivity contribution in [1.82, 2.24) is 10.2 Å². The molecule has 5 nitrogen and oxygen atoms in total. The van der Waals surface area contributed by atoms with Crippen LogP contribution < -0.4 is 5.32 Å². The zero-order chi connectivity index (χ0) is 12.8. The highest BCUT2D eigenvalue weighted by Gasteiger charge is 2.57. The van der Waals surface area contributed by atoms with Crippen LogP contribution in [0.4, 0.5) is 0 Å². The van der Waals surface area contributed by atoms with Gasteiger partial charge in [0.2, 0.25) is 5.91 Å². The van der Waals surface area contributed by atoms with E-state index in [0.717, 1.165) is 12.8 Å². The molecule has 2 aliphatic rings. The fourth-order valence-electron chi connectivity index (χ4n) is 2.45. The highest BCUT2D eigenvalue weighted by molar-refractivity contribution is 6.43. The first-order chi connectivity index (χ1) is 7.88. The zero-order valence-electron chi connectivity index (χ0n) is 10.5. The average molecular weight is 237 g/mol. The van der Waals surface area contributed by atoms with Crippen LogP contribution in [0.3, 0.4) is 0 Å². The number of hydrogen-bond donors (Lipinski definition) is 2. The lowest BCUT2D eigenvalue weighted by Crippen LogP contribution is -2.47. The molecule has 5 heteroatoms. The lowest BCUT2D eigenvalue weighted by Gasteiger charge is -2.27. The Labute approximate surface area is 101 Å². The number of rotatable bonds is 2. The van der Waals surface area contributed by atoms with Crippen molar-refractivity contribution in [2.45, 2.75) is 44.7 Å². The van der Waals surface area contributed by atoms with Crippen molar-refractivity contribution in [3.8, 4) is 0 Å². The lowest BCUT2D eigenvalue weighted by molar-refractivity contribution is -0.134. The molecule has 1 saturated carbocycles. The second-order valence-electron chi connectivity index (χ2n) is 5.46. The Morgan fingerprint density at radius 1 is 1.47 bits per heavy atom. The van der Waals surface area contributed by atoms with Crippen LogP contribution in [0, 0.1) is 11.3 Å². The molecule has 2 amide bonds. The normalized spacial score (nSPS) is 27.4. The van der Waals surface area contributed by atoms with Gasteiger partial charge in [0.25, 0.3) is 5.91 Å². The molecule has 2 fully saturated rings. The standard InChI is InChI=1S/C12H19N3O2/c1-7(2)6-8-11(17)15(3)12(4-5-12)9(13)10(16)14-8/h7-8,13H,4-6H2,1-3H3,(H,14,16)/t8-/m0/s1. The van der Waals surface area contributed by atoms with E-state index in [1.807, 2.05) is 13.8 Å². The average Bonchev–Trinajstić information content (AvgIpc) is 3.04. The van der Waals surface area contributed by atoms with Crippen LogP contribution in [0.2, 0.25) is 0 Å². The minimum Gasteiger partial charge on any atom is -0.339 e. The van der Waals surface area contributed by atoms with E-state index in [-0.39, 0.29) is 17.5 Å². The van der Waals surface area contributed by atoms with Crippen LogP contribution in [0.25, 0.3) is 0 Å². The lowest BCUT2D eigenvalue weighted by atomic mass is 10.0. The highest BCUT2D eigenvalue weighted by Crippen LogP contribution is 2.43. The van der Waals surface area contributed by atoms with Crippen LogP contribution >= 0.6 is 0 Å². The summed E-state index contributed by atoms with van der Waals surface area (Å²) < 4.78 is 0.